The number of sulfonamides is 1. The van der Waals surface area contributed by atoms with Gasteiger partial charge in [-0.2, -0.15) is 0 Å². The minimum Gasteiger partial charge on any atom is -0.322 e. The van der Waals surface area contributed by atoms with Gasteiger partial charge in [0, 0.05) is 43.4 Å². The van der Waals surface area contributed by atoms with Crippen molar-refractivity contribution >= 4 is 33.3 Å². The highest BCUT2D eigenvalue weighted by Gasteiger charge is 2.21. The summed E-state index contributed by atoms with van der Waals surface area (Å²) in [5.41, 5.74) is 1.67. The van der Waals surface area contributed by atoms with Crippen LogP contribution in [-0.4, -0.2) is 50.4 Å². The summed E-state index contributed by atoms with van der Waals surface area (Å²) >= 11 is 6.02. The highest BCUT2D eigenvalue weighted by atomic mass is 35.5. The highest BCUT2D eigenvalue weighted by molar-refractivity contribution is 7.89. The Morgan fingerprint density at radius 1 is 1.07 bits per heavy atom. The Hall–Kier alpha value is -2.13. The number of rotatable bonds is 4. The first-order chi connectivity index (χ1) is 12.8. The van der Waals surface area contributed by atoms with Gasteiger partial charge in [0.05, 0.1) is 4.90 Å². The Morgan fingerprint density at radius 2 is 1.74 bits per heavy atom. The molecule has 144 valence electrons. The smallest absolute Gasteiger partial charge is 0.321 e. The summed E-state index contributed by atoms with van der Waals surface area (Å²) in [7, 11) is -3.74. The van der Waals surface area contributed by atoms with Gasteiger partial charge in [0.1, 0.15) is 0 Å². The Bertz CT molecular complexity index is 910. The molecule has 0 unspecified atom stereocenters. The maximum atomic E-state index is 12.4. The lowest BCUT2D eigenvalue weighted by atomic mass is 10.2. The molecule has 3 rings (SSSR count). The van der Waals surface area contributed by atoms with Gasteiger partial charge in [-0.15, -0.1) is 0 Å². The van der Waals surface area contributed by atoms with Crippen molar-refractivity contribution in [3.05, 3.63) is 59.1 Å². The zero-order valence-corrected chi connectivity index (χ0v) is 16.2. The number of benzene rings is 2. The van der Waals surface area contributed by atoms with Gasteiger partial charge in [0.15, 0.2) is 0 Å². The number of halogens is 1. The topological polar surface area (TPSA) is 95.7 Å². The molecule has 0 atom stereocenters. The highest BCUT2D eigenvalue weighted by Crippen LogP contribution is 2.16. The number of anilines is 1. The number of amides is 2. The fourth-order valence-electron chi connectivity index (χ4n) is 2.93. The van der Waals surface area contributed by atoms with E-state index in [1.165, 1.54) is 24.3 Å². The largest absolute Gasteiger partial charge is 0.322 e. The zero-order valence-electron chi connectivity index (χ0n) is 14.6. The number of primary sulfonamides is 1. The van der Waals surface area contributed by atoms with Crippen molar-refractivity contribution in [3.63, 3.8) is 0 Å². The first-order valence-electron chi connectivity index (χ1n) is 8.47. The number of hydrogen-bond donors (Lipinski definition) is 2. The summed E-state index contributed by atoms with van der Waals surface area (Å²) < 4.78 is 22.5. The lowest BCUT2D eigenvalue weighted by Crippen LogP contribution is -2.49. The van der Waals surface area contributed by atoms with E-state index in [4.69, 9.17) is 16.7 Å². The van der Waals surface area contributed by atoms with Crippen LogP contribution in [0.3, 0.4) is 0 Å². The van der Waals surface area contributed by atoms with Gasteiger partial charge < -0.3 is 10.2 Å². The Morgan fingerprint density at radius 3 is 2.33 bits per heavy atom. The standard InChI is InChI=1S/C18H21ClN4O3S/c19-15-3-1-2-14(12-15)13-22-8-10-23(11-9-22)18(24)21-16-4-6-17(7-5-16)27(20,25)26/h1-7,12H,8-11,13H2,(H,21,24)(H2,20,25,26). The summed E-state index contributed by atoms with van der Waals surface area (Å²) in [6.45, 7) is 3.56. The van der Waals surface area contributed by atoms with Crippen molar-refractivity contribution in [2.45, 2.75) is 11.4 Å². The summed E-state index contributed by atoms with van der Waals surface area (Å²) in [4.78, 5) is 16.4. The van der Waals surface area contributed by atoms with Gasteiger partial charge >= 0.3 is 6.03 Å². The maximum absolute atomic E-state index is 12.4. The van der Waals surface area contributed by atoms with Gasteiger partial charge in [-0.05, 0) is 42.0 Å². The van der Waals surface area contributed by atoms with Crippen LogP contribution >= 0.6 is 11.6 Å². The van der Waals surface area contributed by atoms with E-state index < -0.39 is 10.0 Å². The van der Waals surface area contributed by atoms with Gasteiger partial charge in [0.25, 0.3) is 0 Å². The molecular weight excluding hydrogens is 388 g/mol. The molecule has 9 heteroatoms. The van der Waals surface area contributed by atoms with E-state index >= 15 is 0 Å². The lowest BCUT2D eigenvalue weighted by Gasteiger charge is -2.34. The van der Waals surface area contributed by atoms with Crippen LogP contribution in [0.15, 0.2) is 53.4 Å². The van der Waals surface area contributed by atoms with Crippen LogP contribution in [0.25, 0.3) is 0 Å². The number of urea groups is 1. The molecule has 0 radical (unpaired) electrons. The number of carbonyl (C=O) groups is 1. The van der Waals surface area contributed by atoms with Crippen LogP contribution in [0.4, 0.5) is 10.5 Å². The van der Waals surface area contributed by atoms with Crippen molar-refractivity contribution in [1.82, 2.24) is 9.80 Å². The van der Waals surface area contributed by atoms with Crippen LogP contribution in [0.1, 0.15) is 5.56 Å². The van der Waals surface area contributed by atoms with E-state index in [1.54, 1.807) is 4.90 Å². The predicted octanol–water partition coefficient (Wildman–Crippen LogP) is 2.34. The average Bonchev–Trinajstić information content (AvgIpc) is 2.62. The Labute approximate surface area is 163 Å². The third-order valence-corrected chi connectivity index (χ3v) is 5.55. The predicted molar refractivity (Wildman–Crippen MR) is 105 cm³/mol. The summed E-state index contributed by atoms with van der Waals surface area (Å²) in [6.07, 6.45) is 0. The van der Waals surface area contributed by atoms with Gasteiger partial charge in [0.2, 0.25) is 10.0 Å². The molecule has 7 nitrogen and oxygen atoms in total. The van der Waals surface area contributed by atoms with Gasteiger partial charge in [-0.1, -0.05) is 23.7 Å². The van der Waals surface area contributed by atoms with Gasteiger partial charge in [-0.3, -0.25) is 4.90 Å². The first kappa shape index (κ1) is 19.6. The van der Waals surface area contributed by atoms with Crippen molar-refractivity contribution < 1.29 is 13.2 Å². The first-order valence-corrected chi connectivity index (χ1v) is 10.4. The number of piperazine rings is 1. The maximum Gasteiger partial charge on any atom is 0.321 e. The molecular formula is C18H21ClN4O3S. The number of carbonyl (C=O) groups excluding carboxylic acids is 1. The minimum absolute atomic E-state index is 0.00938. The molecule has 1 aliphatic heterocycles. The van der Waals surface area contributed by atoms with Crippen LogP contribution in [-0.2, 0) is 16.6 Å². The summed E-state index contributed by atoms with van der Waals surface area (Å²) in [5, 5.41) is 8.57. The van der Waals surface area contributed by atoms with Crippen LogP contribution < -0.4 is 10.5 Å². The monoisotopic (exact) mass is 408 g/mol. The van der Waals surface area contributed by atoms with Crippen molar-refractivity contribution in [1.29, 1.82) is 0 Å². The lowest BCUT2D eigenvalue weighted by molar-refractivity contribution is 0.143. The molecule has 0 aliphatic carbocycles. The molecule has 1 heterocycles. The van der Waals surface area contributed by atoms with Crippen LogP contribution in [0.5, 0.6) is 0 Å². The minimum atomic E-state index is -3.74. The zero-order chi connectivity index (χ0) is 19.4. The van der Waals surface area contributed by atoms with Crippen molar-refractivity contribution in [3.8, 4) is 0 Å². The Kier molecular flexibility index (Phi) is 6.01. The fraction of sp³-hybridized carbons (Fsp3) is 0.278. The van der Waals surface area contributed by atoms with E-state index in [0.29, 0.717) is 18.8 Å². The second-order valence-electron chi connectivity index (χ2n) is 6.39. The molecule has 3 N–H and O–H groups in total. The molecule has 1 saturated heterocycles. The normalized spacial score (nSPS) is 15.6. The summed E-state index contributed by atoms with van der Waals surface area (Å²) in [5.74, 6) is 0. The van der Waals surface area contributed by atoms with Crippen molar-refractivity contribution in [2.24, 2.45) is 5.14 Å². The SMILES string of the molecule is NS(=O)(=O)c1ccc(NC(=O)N2CCN(Cc3cccc(Cl)c3)CC2)cc1. The molecule has 0 spiro atoms. The quantitative estimate of drug-likeness (QED) is 0.811. The second-order valence-corrected chi connectivity index (χ2v) is 8.39. The molecule has 1 fully saturated rings. The van der Waals surface area contributed by atoms with E-state index in [1.807, 2.05) is 24.3 Å². The molecule has 0 bridgehead atoms. The molecule has 27 heavy (non-hydrogen) atoms. The van der Waals surface area contributed by atoms with E-state index in [0.717, 1.165) is 30.2 Å². The van der Waals surface area contributed by atoms with Crippen molar-refractivity contribution in [2.75, 3.05) is 31.5 Å². The molecule has 2 amide bonds. The number of nitrogens with zero attached hydrogens (tertiary/aromatic N) is 2. The van der Waals surface area contributed by atoms with E-state index in [9.17, 15) is 13.2 Å². The fourth-order valence-corrected chi connectivity index (χ4v) is 3.66. The van der Waals surface area contributed by atoms with Crippen LogP contribution in [0.2, 0.25) is 5.02 Å². The van der Waals surface area contributed by atoms with Gasteiger partial charge in [-0.25, -0.2) is 18.4 Å². The molecule has 2 aromatic carbocycles. The molecule has 2 aromatic rings. The number of hydrogen-bond acceptors (Lipinski definition) is 4. The Balaban J connectivity index is 1.51. The van der Waals surface area contributed by atoms with E-state index in [2.05, 4.69) is 10.2 Å². The summed E-state index contributed by atoms with van der Waals surface area (Å²) in [6, 6.07) is 13.3. The number of nitrogens with one attached hydrogen (secondary N) is 1. The molecule has 0 saturated carbocycles. The van der Waals surface area contributed by atoms with E-state index in [-0.39, 0.29) is 10.9 Å². The third-order valence-electron chi connectivity index (χ3n) is 4.39. The average molecular weight is 409 g/mol. The third kappa shape index (κ3) is 5.43. The molecule has 0 aromatic heterocycles. The number of nitrogens with two attached hydrogens (primary N) is 1. The second kappa shape index (κ2) is 8.26. The van der Waals surface area contributed by atoms with Crippen LogP contribution in [0, 0.1) is 0 Å². The molecule has 1 aliphatic rings.